The first-order valence-electron chi connectivity index (χ1n) is 6.94. The third-order valence-electron chi connectivity index (χ3n) is 3.46. The number of anilines is 1. The molecule has 1 saturated carbocycles. The monoisotopic (exact) mass is 263 g/mol. The van der Waals surface area contributed by atoms with Gasteiger partial charge in [0.1, 0.15) is 12.4 Å². The van der Waals surface area contributed by atoms with Crippen molar-refractivity contribution in [2.45, 2.75) is 32.1 Å². The van der Waals surface area contributed by atoms with Gasteiger partial charge < -0.3 is 15.2 Å². The van der Waals surface area contributed by atoms with E-state index in [1.54, 1.807) is 12.1 Å². The fourth-order valence-electron chi connectivity index (χ4n) is 2.41. The van der Waals surface area contributed by atoms with Crippen LogP contribution in [0.25, 0.3) is 0 Å². The van der Waals surface area contributed by atoms with E-state index in [1.165, 1.54) is 6.42 Å². The lowest BCUT2D eigenvalue weighted by molar-refractivity contribution is -0.120. The van der Waals surface area contributed by atoms with Crippen LogP contribution in [0.4, 0.5) is 5.69 Å². The highest BCUT2D eigenvalue weighted by Gasteiger charge is 2.20. The number of aliphatic hydroxyl groups is 1. The lowest BCUT2D eigenvalue weighted by atomic mass is 9.88. The third kappa shape index (κ3) is 4.24. The molecule has 4 heteroatoms. The maximum absolute atomic E-state index is 12.0. The third-order valence-corrected chi connectivity index (χ3v) is 3.46. The molecule has 0 unspecified atom stereocenters. The summed E-state index contributed by atoms with van der Waals surface area (Å²) in [5, 5.41) is 11.6. The molecule has 0 atom stereocenters. The summed E-state index contributed by atoms with van der Waals surface area (Å²) in [5.74, 6) is 0.993. The van der Waals surface area contributed by atoms with Gasteiger partial charge in [0.2, 0.25) is 5.91 Å². The highest BCUT2D eigenvalue weighted by atomic mass is 16.5. The van der Waals surface area contributed by atoms with E-state index in [4.69, 9.17) is 9.84 Å². The maximum Gasteiger partial charge on any atom is 0.227 e. The molecular weight excluding hydrogens is 242 g/mol. The number of aliphatic hydroxyl groups excluding tert-OH is 1. The predicted octanol–water partition coefficient (Wildman–Crippen LogP) is 2.58. The van der Waals surface area contributed by atoms with Gasteiger partial charge in [-0.15, -0.1) is 0 Å². The quantitative estimate of drug-likeness (QED) is 0.858. The molecule has 0 aliphatic heterocycles. The second-order valence-corrected chi connectivity index (χ2v) is 4.92. The number of carbonyl (C=O) groups excluding carboxylic acids is 1. The number of nitrogens with one attached hydrogen (secondary N) is 1. The van der Waals surface area contributed by atoms with Crippen LogP contribution in [0.3, 0.4) is 0 Å². The summed E-state index contributed by atoms with van der Waals surface area (Å²) in [7, 11) is 0. The van der Waals surface area contributed by atoms with Crippen LogP contribution in [-0.4, -0.2) is 24.2 Å². The summed E-state index contributed by atoms with van der Waals surface area (Å²) in [5.41, 5.74) is 0.798. The van der Waals surface area contributed by atoms with Crippen LogP contribution in [0, 0.1) is 5.92 Å². The normalized spacial score (nSPS) is 16.1. The highest BCUT2D eigenvalue weighted by molar-refractivity contribution is 5.92. The molecule has 1 aliphatic carbocycles. The number of carbonyl (C=O) groups is 1. The standard InChI is InChI=1S/C15H21NO3/c17-10-11-19-14-8-6-13(7-9-14)16-15(18)12-4-2-1-3-5-12/h6-9,12,17H,1-5,10-11H2,(H,16,18). The summed E-state index contributed by atoms with van der Waals surface area (Å²) in [6, 6.07) is 7.25. The van der Waals surface area contributed by atoms with Crippen molar-refractivity contribution < 1.29 is 14.6 Å². The molecular formula is C15H21NO3. The van der Waals surface area contributed by atoms with Gasteiger partial charge in [-0.2, -0.15) is 0 Å². The minimum atomic E-state index is 0.000166. The first kappa shape index (κ1) is 13.9. The molecule has 1 aliphatic rings. The molecule has 104 valence electrons. The van der Waals surface area contributed by atoms with E-state index in [2.05, 4.69) is 5.32 Å². The summed E-state index contributed by atoms with van der Waals surface area (Å²) < 4.78 is 5.27. The van der Waals surface area contributed by atoms with Crippen molar-refractivity contribution in [1.29, 1.82) is 0 Å². The molecule has 1 fully saturated rings. The molecule has 0 aromatic heterocycles. The van der Waals surface area contributed by atoms with Crippen molar-refractivity contribution in [3.63, 3.8) is 0 Å². The fourth-order valence-corrected chi connectivity index (χ4v) is 2.41. The van der Waals surface area contributed by atoms with Crippen LogP contribution >= 0.6 is 0 Å². The smallest absolute Gasteiger partial charge is 0.227 e. The molecule has 2 rings (SSSR count). The zero-order valence-electron chi connectivity index (χ0n) is 11.1. The molecule has 19 heavy (non-hydrogen) atoms. The van der Waals surface area contributed by atoms with Gasteiger partial charge in [-0.3, -0.25) is 4.79 Å². The van der Waals surface area contributed by atoms with Crippen LogP contribution < -0.4 is 10.1 Å². The Morgan fingerprint density at radius 1 is 1.21 bits per heavy atom. The number of amides is 1. The number of hydrogen-bond donors (Lipinski definition) is 2. The summed E-state index contributed by atoms with van der Waals surface area (Å²) >= 11 is 0. The van der Waals surface area contributed by atoms with Gasteiger partial charge in [-0.25, -0.2) is 0 Å². The van der Waals surface area contributed by atoms with Gasteiger partial charge in [0.25, 0.3) is 0 Å². The van der Waals surface area contributed by atoms with Crippen LogP contribution in [0.1, 0.15) is 32.1 Å². The summed E-state index contributed by atoms with van der Waals surface area (Å²) in [6.07, 6.45) is 5.58. The predicted molar refractivity (Wildman–Crippen MR) is 74.2 cm³/mol. The summed E-state index contributed by atoms with van der Waals surface area (Å²) in [6.45, 7) is 0.286. The van der Waals surface area contributed by atoms with Gasteiger partial charge in [-0.05, 0) is 37.1 Å². The van der Waals surface area contributed by atoms with Gasteiger partial charge in [0.15, 0.2) is 0 Å². The summed E-state index contributed by atoms with van der Waals surface area (Å²) in [4.78, 5) is 12.0. The first-order chi connectivity index (χ1) is 9.29. The molecule has 1 amide bonds. The Hall–Kier alpha value is -1.55. The van der Waals surface area contributed by atoms with Crippen molar-refractivity contribution in [3.8, 4) is 5.75 Å². The van der Waals surface area contributed by atoms with Gasteiger partial charge in [0.05, 0.1) is 6.61 Å². The largest absolute Gasteiger partial charge is 0.491 e. The fraction of sp³-hybridized carbons (Fsp3) is 0.533. The number of hydrogen-bond acceptors (Lipinski definition) is 3. The Morgan fingerprint density at radius 2 is 1.89 bits per heavy atom. The lowest BCUT2D eigenvalue weighted by Gasteiger charge is -2.20. The Labute approximate surface area is 113 Å². The van der Waals surface area contributed by atoms with Crippen LogP contribution in [0.15, 0.2) is 24.3 Å². The average molecular weight is 263 g/mol. The van der Waals surface area contributed by atoms with E-state index in [1.807, 2.05) is 12.1 Å². The second kappa shape index (κ2) is 7.14. The second-order valence-electron chi connectivity index (χ2n) is 4.92. The van der Waals surface area contributed by atoms with Crippen molar-refractivity contribution in [3.05, 3.63) is 24.3 Å². The Bertz CT molecular complexity index is 396. The molecule has 0 heterocycles. The Morgan fingerprint density at radius 3 is 2.53 bits per heavy atom. The van der Waals surface area contributed by atoms with Crippen LogP contribution in [-0.2, 0) is 4.79 Å². The Kier molecular flexibility index (Phi) is 5.21. The zero-order chi connectivity index (χ0) is 13.5. The first-order valence-corrected chi connectivity index (χ1v) is 6.94. The average Bonchev–Trinajstić information content (AvgIpc) is 2.47. The molecule has 0 spiro atoms. The van der Waals surface area contributed by atoms with Gasteiger partial charge in [0, 0.05) is 11.6 Å². The Balaban J connectivity index is 1.86. The maximum atomic E-state index is 12.0. The van der Waals surface area contributed by atoms with E-state index in [-0.39, 0.29) is 25.0 Å². The topological polar surface area (TPSA) is 58.6 Å². The highest BCUT2D eigenvalue weighted by Crippen LogP contribution is 2.25. The minimum absolute atomic E-state index is 0.000166. The van der Waals surface area contributed by atoms with Crippen molar-refractivity contribution in [2.24, 2.45) is 5.92 Å². The zero-order valence-corrected chi connectivity index (χ0v) is 11.1. The van der Waals surface area contributed by atoms with E-state index in [0.717, 1.165) is 31.4 Å². The molecule has 0 bridgehead atoms. The molecule has 0 radical (unpaired) electrons. The van der Waals surface area contributed by atoms with E-state index in [0.29, 0.717) is 5.75 Å². The van der Waals surface area contributed by atoms with Crippen molar-refractivity contribution >= 4 is 11.6 Å². The number of benzene rings is 1. The van der Waals surface area contributed by atoms with E-state index >= 15 is 0 Å². The molecule has 1 aromatic carbocycles. The molecule has 0 saturated heterocycles. The minimum Gasteiger partial charge on any atom is -0.491 e. The van der Waals surface area contributed by atoms with E-state index in [9.17, 15) is 4.79 Å². The molecule has 2 N–H and O–H groups in total. The van der Waals surface area contributed by atoms with Crippen LogP contribution in [0.2, 0.25) is 0 Å². The molecule has 1 aromatic rings. The SMILES string of the molecule is O=C(Nc1ccc(OCCO)cc1)C1CCCCC1. The van der Waals surface area contributed by atoms with Gasteiger partial charge >= 0.3 is 0 Å². The van der Waals surface area contributed by atoms with E-state index < -0.39 is 0 Å². The lowest BCUT2D eigenvalue weighted by Crippen LogP contribution is -2.24. The number of ether oxygens (including phenoxy) is 1. The number of rotatable bonds is 5. The van der Waals surface area contributed by atoms with Crippen molar-refractivity contribution in [2.75, 3.05) is 18.5 Å². The molecule has 4 nitrogen and oxygen atoms in total. The van der Waals surface area contributed by atoms with Crippen LogP contribution in [0.5, 0.6) is 5.75 Å². The van der Waals surface area contributed by atoms with Gasteiger partial charge in [-0.1, -0.05) is 19.3 Å². The van der Waals surface area contributed by atoms with Crippen molar-refractivity contribution in [1.82, 2.24) is 0 Å².